The Bertz CT molecular complexity index is 156. The average Bonchev–Trinajstić information content (AvgIpc) is 1.94. The lowest BCUT2D eigenvalue weighted by Crippen LogP contribution is -1.99. The molecule has 1 rings (SSSR count). The van der Waals surface area contributed by atoms with E-state index in [0.29, 0.717) is 0 Å². The minimum atomic E-state index is -0.0741. The third-order valence-corrected chi connectivity index (χ3v) is 0.792. The second kappa shape index (κ2) is 2.21. The first-order valence-corrected chi connectivity index (χ1v) is 2.36. The van der Waals surface area contributed by atoms with Gasteiger partial charge in [0.25, 0.3) is 0 Å². The molecule has 0 spiro atoms. The van der Waals surface area contributed by atoms with Gasteiger partial charge in [-0.15, -0.1) is 0 Å². The first-order chi connectivity index (χ1) is 3.89. The molecule has 0 unspecified atom stereocenters. The third kappa shape index (κ3) is 1.15. The van der Waals surface area contributed by atoms with Gasteiger partial charge < -0.3 is 5.32 Å². The van der Waals surface area contributed by atoms with Crippen LogP contribution < -0.4 is 5.32 Å². The fraction of sp³-hybridized carbons (Fsp3) is 0. The van der Waals surface area contributed by atoms with Crippen LogP contribution in [0.5, 0.6) is 0 Å². The molecule has 41 valence electrons. The van der Waals surface area contributed by atoms with Crippen molar-refractivity contribution < 1.29 is 5.11 Å². The van der Waals surface area contributed by atoms with Gasteiger partial charge in [-0.3, -0.25) is 5.11 Å². The molecule has 0 aromatic heterocycles. The van der Waals surface area contributed by atoms with E-state index in [1.165, 1.54) is 6.08 Å². The average molecular weight is 108 g/mol. The number of hydrogen-bond acceptors (Lipinski definition) is 1. The minimum Gasteiger partial charge on any atom is -0.329 e. The van der Waals surface area contributed by atoms with Gasteiger partial charge in [0, 0.05) is 12.3 Å². The van der Waals surface area contributed by atoms with E-state index in [2.05, 4.69) is 5.32 Å². The van der Waals surface area contributed by atoms with Crippen molar-refractivity contribution in [1.29, 1.82) is 0 Å². The molecule has 0 amide bonds. The summed E-state index contributed by atoms with van der Waals surface area (Å²) in [6.07, 6.45) is 8.32. The number of nitrogens with one attached hydrogen (secondary N) is 1. The summed E-state index contributed by atoms with van der Waals surface area (Å²) in [4.78, 5) is 0. The van der Waals surface area contributed by atoms with Gasteiger partial charge in [-0.2, -0.15) is 0 Å². The maximum absolute atomic E-state index is 10.4. The summed E-state index contributed by atoms with van der Waals surface area (Å²) in [7, 11) is 0. The van der Waals surface area contributed by atoms with Crippen LogP contribution in [0.15, 0.2) is 36.4 Å². The largest absolute Gasteiger partial charge is 0.329 e. The van der Waals surface area contributed by atoms with Crippen molar-refractivity contribution in [2.24, 2.45) is 0 Å². The highest BCUT2D eigenvalue weighted by Crippen LogP contribution is 1.89. The maximum atomic E-state index is 10.4. The van der Waals surface area contributed by atoms with Crippen molar-refractivity contribution in [2.75, 3.05) is 0 Å². The molecule has 0 saturated carbocycles. The molecule has 1 aliphatic rings. The predicted molar refractivity (Wildman–Crippen MR) is 30.2 cm³/mol. The zero-order valence-electron chi connectivity index (χ0n) is 4.29. The summed E-state index contributed by atoms with van der Waals surface area (Å²) in [5, 5.41) is 12.9. The second-order valence-corrected chi connectivity index (χ2v) is 1.42. The lowest BCUT2D eigenvalue weighted by atomic mass is 10.5. The Hall–Kier alpha value is -1.18. The number of hydrogen-bond donors (Lipinski definition) is 1. The van der Waals surface area contributed by atoms with Crippen LogP contribution in [0.3, 0.4) is 0 Å². The first-order valence-electron chi connectivity index (χ1n) is 2.36. The molecule has 0 saturated heterocycles. The third-order valence-electron chi connectivity index (χ3n) is 0.792. The van der Waals surface area contributed by atoms with Gasteiger partial charge in [0.1, 0.15) is 0 Å². The Morgan fingerprint density at radius 3 is 3.00 bits per heavy atom. The van der Waals surface area contributed by atoms with Gasteiger partial charge in [-0.25, -0.2) is 0 Å². The van der Waals surface area contributed by atoms with Crippen LogP contribution in [0.2, 0.25) is 0 Å². The van der Waals surface area contributed by atoms with Crippen molar-refractivity contribution in [2.45, 2.75) is 0 Å². The highest BCUT2D eigenvalue weighted by atomic mass is 16.3. The van der Waals surface area contributed by atoms with Crippen LogP contribution in [0.1, 0.15) is 0 Å². The van der Waals surface area contributed by atoms with Crippen LogP contribution >= 0.6 is 0 Å². The van der Waals surface area contributed by atoms with Crippen molar-refractivity contribution in [3.8, 4) is 0 Å². The molecule has 0 bridgehead atoms. The quantitative estimate of drug-likeness (QED) is 0.492. The van der Waals surface area contributed by atoms with Crippen molar-refractivity contribution >= 4 is 0 Å². The Morgan fingerprint density at radius 1 is 1.25 bits per heavy atom. The molecular weight excluding hydrogens is 102 g/mol. The van der Waals surface area contributed by atoms with Crippen LogP contribution in [-0.4, -0.2) is 0 Å². The Balaban J connectivity index is 2.69. The highest BCUT2D eigenvalue weighted by molar-refractivity contribution is 5.16. The Labute approximate surface area is 47.8 Å². The second-order valence-electron chi connectivity index (χ2n) is 1.42. The molecule has 1 N–H and O–H groups in total. The van der Waals surface area contributed by atoms with E-state index in [1.54, 1.807) is 24.4 Å². The zero-order chi connectivity index (χ0) is 5.82. The SMILES string of the molecule is [O]C1=CC=CC=CN1. The molecule has 2 heteroatoms. The Morgan fingerprint density at radius 2 is 2.12 bits per heavy atom. The highest BCUT2D eigenvalue weighted by Gasteiger charge is 1.86. The summed E-state index contributed by atoms with van der Waals surface area (Å²) < 4.78 is 0. The normalized spacial score (nSPS) is 16.8. The summed E-state index contributed by atoms with van der Waals surface area (Å²) >= 11 is 0. The molecule has 0 aromatic carbocycles. The zero-order valence-corrected chi connectivity index (χ0v) is 4.29. The fourth-order valence-corrected chi connectivity index (χ4v) is 0.441. The smallest absolute Gasteiger partial charge is 0.247 e. The van der Waals surface area contributed by atoms with E-state index in [0.717, 1.165) is 0 Å². The topological polar surface area (TPSA) is 31.9 Å². The molecule has 8 heavy (non-hydrogen) atoms. The number of rotatable bonds is 0. The van der Waals surface area contributed by atoms with Crippen LogP contribution in [0, 0.1) is 0 Å². The molecule has 1 radical (unpaired) electrons. The molecule has 2 nitrogen and oxygen atoms in total. The molecule has 0 aromatic rings. The predicted octanol–water partition coefficient (Wildman–Crippen LogP) is 0.931. The monoisotopic (exact) mass is 108 g/mol. The maximum Gasteiger partial charge on any atom is 0.247 e. The van der Waals surface area contributed by atoms with Crippen molar-refractivity contribution in [1.82, 2.24) is 5.32 Å². The van der Waals surface area contributed by atoms with E-state index in [1.807, 2.05) is 0 Å². The molecule has 0 fully saturated rings. The summed E-state index contributed by atoms with van der Waals surface area (Å²) in [5.74, 6) is -0.0741. The summed E-state index contributed by atoms with van der Waals surface area (Å²) in [6, 6.07) is 0. The van der Waals surface area contributed by atoms with E-state index < -0.39 is 0 Å². The molecule has 0 aliphatic carbocycles. The van der Waals surface area contributed by atoms with Gasteiger partial charge in [0.15, 0.2) is 0 Å². The van der Waals surface area contributed by atoms with Crippen LogP contribution in [0.4, 0.5) is 0 Å². The lowest BCUT2D eigenvalue weighted by molar-refractivity contribution is 0.276. The van der Waals surface area contributed by atoms with E-state index in [4.69, 9.17) is 0 Å². The molecule has 1 aliphatic heterocycles. The lowest BCUT2D eigenvalue weighted by Gasteiger charge is -1.86. The first kappa shape index (κ1) is 4.97. The minimum absolute atomic E-state index is 0.0741. The van der Waals surface area contributed by atoms with Gasteiger partial charge in [-0.1, -0.05) is 12.2 Å². The molecule has 1 heterocycles. The number of allylic oxidation sites excluding steroid dienone is 4. The Kier molecular flexibility index (Phi) is 1.37. The van der Waals surface area contributed by atoms with Gasteiger partial charge >= 0.3 is 0 Å². The van der Waals surface area contributed by atoms with Gasteiger partial charge in [0.05, 0.1) is 0 Å². The summed E-state index contributed by atoms with van der Waals surface area (Å²) in [6.45, 7) is 0. The van der Waals surface area contributed by atoms with Crippen LogP contribution in [-0.2, 0) is 5.11 Å². The standard InChI is InChI=1S/C6H6NO/c8-6-4-2-1-3-5-7-6/h1-5,7H. The molecule has 0 atom stereocenters. The summed E-state index contributed by atoms with van der Waals surface area (Å²) in [5.41, 5.74) is 0. The van der Waals surface area contributed by atoms with Crippen molar-refractivity contribution in [3.05, 3.63) is 36.4 Å². The van der Waals surface area contributed by atoms with E-state index in [9.17, 15) is 5.11 Å². The molecular formula is C6H6NO. The van der Waals surface area contributed by atoms with E-state index in [-0.39, 0.29) is 5.88 Å². The van der Waals surface area contributed by atoms with Crippen LogP contribution in [0.25, 0.3) is 0 Å². The fourth-order valence-electron chi connectivity index (χ4n) is 0.441. The van der Waals surface area contributed by atoms with Gasteiger partial charge in [-0.05, 0) is 6.08 Å². The van der Waals surface area contributed by atoms with E-state index >= 15 is 0 Å². The van der Waals surface area contributed by atoms with Gasteiger partial charge in [0.2, 0.25) is 5.88 Å². The van der Waals surface area contributed by atoms with Crippen molar-refractivity contribution in [3.63, 3.8) is 0 Å².